The second-order valence-corrected chi connectivity index (χ2v) is 6.19. The van der Waals surface area contributed by atoms with Crippen molar-refractivity contribution in [2.75, 3.05) is 76.1 Å². The van der Waals surface area contributed by atoms with Crippen LogP contribution in [0.4, 0.5) is 0 Å². The van der Waals surface area contributed by atoms with E-state index < -0.39 is 11.9 Å². The first-order chi connectivity index (χ1) is 13.9. The molecule has 0 radical (unpaired) electrons. The van der Waals surface area contributed by atoms with Gasteiger partial charge in [0.2, 0.25) is 0 Å². The minimum Gasteiger partial charge on any atom is -0.478 e. The van der Waals surface area contributed by atoms with Crippen LogP contribution in [-0.2, 0) is 19.1 Å². The zero-order chi connectivity index (χ0) is 24.5. The van der Waals surface area contributed by atoms with Crippen molar-refractivity contribution in [3.05, 3.63) is 36.5 Å². The van der Waals surface area contributed by atoms with Crippen LogP contribution < -0.4 is 0 Å². The molecule has 0 aliphatic carbocycles. The van der Waals surface area contributed by atoms with Crippen LogP contribution in [0.3, 0.4) is 0 Å². The number of likely N-dealkylation sites (N-methyl/N-ethyl adjacent to an activating group) is 3. The number of hydrogen-bond acceptors (Lipinski definition) is 8. The first-order valence-corrected chi connectivity index (χ1v) is 8.84. The highest BCUT2D eigenvalue weighted by molar-refractivity contribution is 5.85. The summed E-state index contributed by atoms with van der Waals surface area (Å²) in [6, 6.07) is 0. The van der Waals surface area contributed by atoms with Crippen LogP contribution in [0.2, 0.25) is 0 Å². The minimum absolute atomic E-state index is 0. The molecule has 33 heavy (non-hydrogen) atoms. The van der Waals surface area contributed by atoms with Gasteiger partial charge in [-0.1, -0.05) is 25.7 Å². The molecule has 0 saturated heterocycles. The molecule has 12 heteroatoms. The summed E-state index contributed by atoms with van der Waals surface area (Å²) < 4.78 is 4.39. The van der Waals surface area contributed by atoms with Crippen LogP contribution in [0.5, 0.6) is 0 Å². The highest BCUT2D eigenvalue weighted by Crippen LogP contribution is 1.80. The summed E-state index contributed by atoms with van der Waals surface area (Å²) in [5.74, 6) is -2.09. The molecule has 10 nitrogen and oxygen atoms in total. The maximum atomic E-state index is 10.5. The number of nitrogens with zero attached hydrogens (tertiary/aromatic N) is 3. The summed E-state index contributed by atoms with van der Waals surface area (Å²) in [7, 11) is 13.8. The van der Waals surface area contributed by atoms with Gasteiger partial charge in [0.05, 0.1) is 7.11 Å². The molecule has 0 aliphatic rings. The summed E-state index contributed by atoms with van der Waals surface area (Å²) in [5, 5.41) is 23.2. The van der Waals surface area contributed by atoms with Gasteiger partial charge in [-0.3, -0.25) is 0 Å². The van der Waals surface area contributed by atoms with Crippen molar-refractivity contribution in [3.8, 4) is 0 Å². The van der Waals surface area contributed by atoms with Gasteiger partial charge in [0.1, 0.15) is 0 Å². The molecule has 0 fully saturated rings. The van der Waals surface area contributed by atoms with Gasteiger partial charge in [0, 0.05) is 45.0 Å². The molecule has 0 heterocycles. The molecule has 0 aromatic heterocycles. The standard InChI is InChI=1S/C7H13NO2.2C6H11NO2.CH4O.CH4.2ClH/c1-8(2)6-4-5-7(9)10-3;2*1-7(2)5-3-4-6(8)9;1-2;;;/h4-5H,6H2,1-3H3;2*3-4H,5H2,1-2H3,(H,8,9);2H,1H3;1H4;2*1H/b5-4+;2*4-3+;;;;. The number of carboxylic acid groups (broad SMARTS) is 2. The number of aliphatic hydroxyl groups is 1. The lowest BCUT2D eigenvalue weighted by Crippen LogP contribution is -2.11. The zero-order valence-corrected chi connectivity index (χ0v) is 21.9. The molecular formula is C21H45Cl2N3O7. The Morgan fingerprint density at radius 3 is 1.09 bits per heavy atom. The van der Waals surface area contributed by atoms with Gasteiger partial charge in [-0.15, -0.1) is 24.8 Å². The molecule has 0 aromatic carbocycles. The second kappa shape index (κ2) is 37.4. The van der Waals surface area contributed by atoms with E-state index in [1.54, 1.807) is 18.2 Å². The van der Waals surface area contributed by atoms with E-state index in [-0.39, 0.29) is 38.2 Å². The molecule has 3 N–H and O–H groups in total. The SMILES string of the molecule is C.CN(C)C/C=C/C(=O)O.CN(C)C/C=C/C(=O)O.CO.COC(=O)/C=C/CN(C)C.Cl.Cl. The first kappa shape index (κ1) is 48.5. The van der Waals surface area contributed by atoms with Crippen LogP contribution in [0.25, 0.3) is 0 Å². The smallest absolute Gasteiger partial charge is 0.330 e. The van der Waals surface area contributed by atoms with Gasteiger partial charge in [-0.25, -0.2) is 14.4 Å². The van der Waals surface area contributed by atoms with Crippen LogP contribution in [0, 0.1) is 0 Å². The number of hydrogen-bond donors (Lipinski definition) is 3. The molecule has 0 unspecified atom stereocenters. The van der Waals surface area contributed by atoms with E-state index >= 15 is 0 Å². The fraction of sp³-hybridized carbons (Fsp3) is 0.571. The summed E-state index contributed by atoms with van der Waals surface area (Å²) in [5.41, 5.74) is 0. The highest BCUT2D eigenvalue weighted by atomic mass is 35.5. The normalized spacial score (nSPS) is 9.45. The van der Waals surface area contributed by atoms with Gasteiger partial charge in [-0.2, -0.15) is 0 Å². The van der Waals surface area contributed by atoms with Gasteiger partial charge in [0.15, 0.2) is 0 Å². The summed E-state index contributed by atoms with van der Waals surface area (Å²) in [6.45, 7) is 2.10. The van der Waals surface area contributed by atoms with Gasteiger partial charge >= 0.3 is 17.9 Å². The third kappa shape index (κ3) is 72.6. The van der Waals surface area contributed by atoms with Crippen LogP contribution in [0.15, 0.2) is 36.5 Å². The third-order valence-corrected chi connectivity index (χ3v) is 2.39. The number of ether oxygens (including phenoxy) is 1. The Labute approximate surface area is 212 Å². The predicted molar refractivity (Wildman–Crippen MR) is 140 cm³/mol. The lowest BCUT2D eigenvalue weighted by molar-refractivity contribution is -0.135. The number of carbonyl (C=O) groups is 3. The van der Waals surface area contributed by atoms with Crippen LogP contribution in [-0.4, -0.2) is 124 Å². The molecule has 0 amide bonds. The van der Waals surface area contributed by atoms with E-state index in [0.717, 1.165) is 25.8 Å². The third-order valence-electron chi connectivity index (χ3n) is 2.39. The lowest BCUT2D eigenvalue weighted by atomic mass is 10.5. The first-order valence-electron chi connectivity index (χ1n) is 8.84. The van der Waals surface area contributed by atoms with E-state index in [9.17, 15) is 14.4 Å². The Kier molecular flexibility index (Phi) is 54.9. The summed E-state index contributed by atoms with van der Waals surface area (Å²) in [4.78, 5) is 36.0. The number of aliphatic hydroxyl groups excluding tert-OH is 1. The molecule has 0 rings (SSSR count). The summed E-state index contributed by atoms with van der Waals surface area (Å²) in [6.07, 6.45) is 8.65. The topological polar surface area (TPSA) is 131 Å². The Hall–Kier alpha value is -1.95. The number of carbonyl (C=O) groups excluding carboxylic acids is 1. The highest BCUT2D eigenvalue weighted by Gasteiger charge is 1.89. The average molecular weight is 523 g/mol. The van der Waals surface area contributed by atoms with Crippen LogP contribution >= 0.6 is 24.8 Å². The molecular weight excluding hydrogens is 477 g/mol. The van der Waals surface area contributed by atoms with Crippen molar-refractivity contribution < 1.29 is 34.4 Å². The zero-order valence-electron chi connectivity index (χ0n) is 20.2. The largest absolute Gasteiger partial charge is 0.478 e. The van der Waals surface area contributed by atoms with E-state index in [1.807, 2.05) is 57.0 Å². The number of carboxylic acids is 2. The van der Waals surface area contributed by atoms with E-state index in [4.69, 9.17) is 15.3 Å². The van der Waals surface area contributed by atoms with Crippen LogP contribution in [0.1, 0.15) is 7.43 Å². The van der Waals surface area contributed by atoms with Crippen molar-refractivity contribution in [3.63, 3.8) is 0 Å². The molecule has 200 valence electrons. The molecule has 0 bridgehead atoms. The van der Waals surface area contributed by atoms with Crippen molar-refractivity contribution in [2.45, 2.75) is 7.43 Å². The molecule has 0 atom stereocenters. The maximum Gasteiger partial charge on any atom is 0.330 e. The molecule has 0 aliphatic heterocycles. The van der Waals surface area contributed by atoms with Crippen molar-refractivity contribution in [1.29, 1.82) is 0 Å². The monoisotopic (exact) mass is 521 g/mol. The van der Waals surface area contributed by atoms with Gasteiger partial charge < -0.3 is 34.8 Å². The van der Waals surface area contributed by atoms with Crippen molar-refractivity contribution in [2.24, 2.45) is 0 Å². The fourth-order valence-corrected chi connectivity index (χ4v) is 1.16. The van der Waals surface area contributed by atoms with Gasteiger partial charge in [0.25, 0.3) is 0 Å². The number of rotatable bonds is 9. The summed E-state index contributed by atoms with van der Waals surface area (Å²) >= 11 is 0. The van der Waals surface area contributed by atoms with E-state index in [0.29, 0.717) is 13.1 Å². The lowest BCUT2D eigenvalue weighted by Gasteiger charge is -2.02. The second-order valence-electron chi connectivity index (χ2n) is 6.19. The Morgan fingerprint density at radius 2 is 0.909 bits per heavy atom. The average Bonchev–Trinajstić information content (AvgIpc) is 2.62. The molecule has 0 saturated carbocycles. The Morgan fingerprint density at radius 1 is 0.667 bits per heavy atom. The number of methoxy groups -OCH3 is 1. The number of aliphatic carboxylic acids is 2. The Bertz CT molecular complexity index is 496. The van der Waals surface area contributed by atoms with E-state index in [2.05, 4.69) is 4.74 Å². The number of esters is 1. The Balaban J connectivity index is -0.0000000567. The molecule has 0 spiro atoms. The number of halogens is 2. The van der Waals surface area contributed by atoms with Crippen molar-refractivity contribution in [1.82, 2.24) is 14.7 Å². The fourth-order valence-electron chi connectivity index (χ4n) is 1.16. The maximum absolute atomic E-state index is 10.5. The predicted octanol–water partition coefficient (Wildman–Crippen LogP) is 1.74. The molecule has 0 aromatic rings. The van der Waals surface area contributed by atoms with Gasteiger partial charge in [-0.05, 0) is 42.3 Å². The van der Waals surface area contributed by atoms with Crippen molar-refractivity contribution >= 4 is 42.7 Å². The minimum atomic E-state index is -0.892. The quantitative estimate of drug-likeness (QED) is 0.304. The van der Waals surface area contributed by atoms with E-state index in [1.165, 1.54) is 13.2 Å².